The van der Waals surface area contributed by atoms with Crippen molar-refractivity contribution in [1.29, 1.82) is 0 Å². The van der Waals surface area contributed by atoms with Gasteiger partial charge in [0.2, 0.25) is 11.8 Å². The van der Waals surface area contributed by atoms with Crippen LogP contribution in [0.5, 0.6) is 0 Å². The molecule has 0 bridgehead atoms. The Morgan fingerprint density at radius 2 is 1.47 bits per heavy atom. The van der Waals surface area contributed by atoms with Gasteiger partial charge >= 0.3 is 6.03 Å². The second-order valence-electron chi connectivity index (χ2n) is 9.78. The summed E-state index contributed by atoms with van der Waals surface area (Å²) in [6.45, 7) is 11.4. The Bertz CT molecular complexity index is 1010. The molecule has 0 unspecified atom stereocenters. The molecule has 1 aliphatic heterocycles. The zero-order valence-electron chi connectivity index (χ0n) is 21.9. The molecule has 36 heavy (non-hydrogen) atoms. The van der Waals surface area contributed by atoms with E-state index in [0.29, 0.717) is 31.7 Å². The molecule has 1 fully saturated rings. The molecule has 194 valence electrons. The fourth-order valence-electron chi connectivity index (χ4n) is 4.18. The molecule has 0 atom stereocenters. The highest BCUT2D eigenvalue weighted by Gasteiger charge is 2.22. The van der Waals surface area contributed by atoms with E-state index in [9.17, 15) is 14.4 Å². The van der Waals surface area contributed by atoms with Crippen LogP contribution in [0.4, 0.5) is 21.9 Å². The fraction of sp³-hybridized carbons (Fsp3) is 0.464. The van der Waals surface area contributed by atoms with E-state index in [0.717, 1.165) is 36.4 Å². The van der Waals surface area contributed by atoms with Crippen LogP contribution >= 0.6 is 0 Å². The summed E-state index contributed by atoms with van der Waals surface area (Å²) < 4.78 is 0. The highest BCUT2D eigenvalue weighted by molar-refractivity contribution is 5.94. The lowest BCUT2D eigenvalue weighted by Gasteiger charge is -2.36. The standard InChI is InChI=1S/C28H39N5O3/c1-5-14-33(27(35)19-21(2)3)20-26(34)29-23-10-12-25(13-11-23)31-15-17-32(18-16-31)28(36)30-24-8-6-22(4)7-9-24/h6-13,21H,5,14-20H2,1-4H3,(H,29,34)(H,30,36). The largest absolute Gasteiger partial charge is 0.368 e. The molecule has 0 saturated carbocycles. The third-order valence-corrected chi connectivity index (χ3v) is 6.15. The third kappa shape index (κ3) is 8.00. The van der Waals surface area contributed by atoms with E-state index in [1.165, 1.54) is 0 Å². The second-order valence-corrected chi connectivity index (χ2v) is 9.78. The van der Waals surface area contributed by atoms with Crippen molar-refractivity contribution in [1.82, 2.24) is 9.80 Å². The van der Waals surface area contributed by atoms with E-state index in [1.54, 1.807) is 4.90 Å². The molecule has 0 aromatic heterocycles. The highest BCUT2D eigenvalue weighted by atomic mass is 16.2. The Hall–Kier alpha value is -3.55. The molecule has 1 heterocycles. The Kier molecular flexibility index (Phi) is 9.73. The Morgan fingerprint density at radius 3 is 2.06 bits per heavy atom. The van der Waals surface area contributed by atoms with Gasteiger partial charge in [-0.2, -0.15) is 0 Å². The maximum Gasteiger partial charge on any atom is 0.321 e. The van der Waals surface area contributed by atoms with Crippen LogP contribution in [0.2, 0.25) is 0 Å². The number of carbonyl (C=O) groups excluding carboxylic acids is 3. The predicted molar refractivity (Wildman–Crippen MR) is 145 cm³/mol. The fourth-order valence-corrected chi connectivity index (χ4v) is 4.18. The van der Waals surface area contributed by atoms with Gasteiger partial charge in [0.15, 0.2) is 0 Å². The van der Waals surface area contributed by atoms with Crippen LogP contribution in [0.3, 0.4) is 0 Å². The summed E-state index contributed by atoms with van der Waals surface area (Å²) in [6, 6.07) is 15.4. The molecule has 0 aliphatic carbocycles. The Balaban J connectivity index is 1.47. The van der Waals surface area contributed by atoms with E-state index in [-0.39, 0.29) is 30.3 Å². The lowest BCUT2D eigenvalue weighted by molar-refractivity contribution is -0.135. The van der Waals surface area contributed by atoms with Crippen molar-refractivity contribution in [2.75, 3.05) is 54.8 Å². The van der Waals surface area contributed by atoms with Gasteiger partial charge in [-0.1, -0.05) is 38.5 Å². The van der Waals surface area contributed by atoms with Crippen molar-refractivity contribution in [2.45, 2.75) is 40.5 Å². The SMILES string of the molecule is CCCN(CC(=O)Nc1ccc(N2CCN(C(=O)Nc3ccc(C)cc3)CC2)cc1)C(=O)CC(C)C. The van der Waals surface area contributed by atoms with Crippen molar-refractivity contribution in [2.24, 2.45) is 5.92 Å². The van der Waals surface area contributed by atoms with Crippen LogP contribution in [0.1, 0.15) is 39.2 Å². The predicted octanol–water partition coefficient (Wildman–Crippen LogP) is 4.57. The zero-order chi connectivity index (χ0) is 26.1. The van der Waals surface area contributed by atoms with Gasteiger partial charge in [-0.25, -0.2) is 4.79 Å². The summed E-state index contributed by atoms with van der Waals surface area (Å²) in [5.41, 5.74) is 3.70. The maximum absolute atomic E-state index is 12.6. The first-order valence-corrected chi connectivity index (χ1v) is 12.8. The van der Waals surface area contributed by atoms with Gasteiger partial charge < -0.3 is 25.3 Å². The van der Waals surface area contributed by atoms with E-state index < -0.39 is 0 Å². The first-order chi connectivity index (χ1) is 17.2. The zero-order valence-corrected chi connectivity index (χ0v) is 21.9. The third-order valence-electron chi connectivity index (χ3n) is 6.15. The van der Waals surface area contributed by atoms with Gasteiger partial charge in [0.05, 0.1) is 6.54 Å². The van der Waals surface area contributed by atoms with Crippen LogP contribution in [0, 0.1) is 12.8 Å². The van der Waals surface area contributed by atoms with E-state index in [4.69, 9.17) is 0 Å². The Morgan fingerprint density at radius 1 is 0.889 bits per heavy atom. The topological polar surface area (TPSA) is 85.0 Å². The van der Waals surface area contributed by atoms with Crippen LogP contribution in [-0.2, 0) is 9.59 Å². The average Bonchev–Trinajstić information content (AvgIpc) is 2.85. The molecule has 2 aromatic carbocycles. The van der Waals surface area contributed by atoms with Crippen molar-refractivity contribution in [3.05, 3.63) is 54.1 Å². The van der Waals surface area contributed by atoms with E-state index in [1.807, 2.05) is 81.1 Å². The second kappa shape index (κ2) is 13.0. The van der Waals surface area contributed by atoms with Gasteiger partial charge in [0, 0.05) is 56.2 Å². The van der Waals surface area contributed by atoms with Gasteiger partial charge in [-0.3, -0.25) is 9.59 Å². The number of benzene rings is 2. The monoisotopic (exact) mass is 493 g/mol. The van der Waals surface area contributed by atoms with E-state index in [2.05, 4.69) is 15.5 Å². The molecule has 3 rings (SSSR count). The molecule has 0 radical (unpaired) electrons. The molecular weight excluding hydrogens is 454 g/mol. The molecule has 1 saturated heterocycles. The molecule has 4 amide bonds. The minimum absolute atomic E-state index is 0.0176. The van der Waals surface area contributed by atoms with Gasteiger partial charge in [-0.05, 0) is 55.7 Å². The summed E-state index contributed by atoms with van der Waals surface area (Å²) in [4.78, 5) is 43.3. The molecular formula is C28H39N5O3. The summed E-state index contributed by atoms with van der Waals surface area (Å²) in [7, 11) is 0. The van der Waals surface area contributed by atoms with Gasteiger partial charge in [0.1, 0.15) is 0 Å². The number of piperazine rings is 1. The van der Waals surface area contributed by atoms with Crippen LogP contribution < -0.4 is 15.5 Å². The summed E-state index contributed by atoms with van der Waals surface area (Å²) in [5.74, 6) is 0.0856. The van der Waals surface area contributed by atoms with Crippen molar-refractivity contribution < 1.29 is 14.4 Å². The number of nitrogens with zero attached hydrogens (tertiary/aromatic N) is 3. The first kappa shape index (κ1) is 27.0. The number of aryl methyl sites for hydroxylation is 1. The number of amides is 4. The average molecular weight is 494 g/mol. The van der Waals surface area contributed by atoms with Crippen LogP contribution in [0.25, 0.3) is 0 Å². The maximum atomic E-state index is 12.6. The molecule has 8 nitrogen and oxygen atoms in total. The van der Waals surface area contributed by atoms with E-state index >= 15 is 0 Å². The number of nitrogens with one attached hydrogen (secondary N) is 2. The smallest absolute Gasteiger partial charge is 0.321 e. The summed E-state index contributed by atoms with van der Waals surface area (Å²) in [6.07, 6.45) is 1.26. The molecule has 2 N–H and O–H groups in total. The minimum Gasteiger partial charge on any atom is -0.368 e. The van der Waals surface area contributed by atoms with Crippen molar-refractivity contribution in [3.63, 3.8) is 0 Å². The number of rotatable bonds is 9. The summed E-state index contributed by atoms with van der Waals surface area (Å²) in [5, 5.41) is 5.87. The van der Waals surface area contributed by atoms with Crippen LogP contribution in [0.15, 0.2) is 48.5 Å². The minimum atomic E-state index is -0.193. The lowest BCUT2D eigenvalue weighted by atomic mass is 10.1. The number of hydrogen-bond donors (Lipinski definition) is 2. The quantitative estimate of drug-likeness (QED) is 0.536. The number of urea groups is 1. The van der Waals surface area contributed by atoms with Gasteiger partial charge in [0.25, 0.3) is 0 Å². The normalized spacial score (nSPS) is 13.5. The first-order valence-electron chi connectivity index (χ1n) is 12.8. The van der Waals surface area contributed by atoms with Gasteiger partial charge in [-0.15, -0.1) is 0 Å². The molecule has 8 heteroatoms. The van der Waals surface area contributed by atoms with Crippen molar-refractivity contribution >= 4 is 34.9 Å². The Labute approximate surface area is 214 Å². The lowest BCUT2D eigenvalue weighted by Crippen LogP contribution is -2.50. The molecule has 2 aromatic rings. The number of hydrogen-bond acceptors (Lipinski definition) is 4. The highest BCUT2D eigenvalue weighted by Crippen LogP contribution is 2.20. The van der Waals surface area contributed by atoms with Crippen molar-refractivity contribution in [3.8, 4) is 0 Å². The number of carbonyl (C=O) groups is 3. The molecule has 1 aliphatic rings. The number of anilines is 3. The molecule has 0 spiro atoms. The summed E-state index contributed by atoms with van der Waals surface area (Å²) >= 11 is 0. The van der Waals surface area contributed by atoms with Crippen LogP contribution in [-0.4, -0.2) is 66.9 Å².